The average Bonchev–Trinajstić information content (AvgIpc) is 3.15. The Hall–Kier alpha value is -2.93. The highest BCUT2D eigenvalue weighted by atomic mass is 32.2. The summed E-state index contributed by atoms with van der Waals surface area (Å²) in [6, 6.07) is 17.2. The monoisotopic (exact) mass is 408 g/mol. The predicted molar refractivity (Wildman–Crippen MR) is 115 cm³/mol. The van der Waals surface area contributed by atoms with E-state index >= 15 is 0 Å². The topological polar surface area (TPSA) is 76.9 Å². The van der Waals surface area contributed by atoms with Crippen molar-refractivity contribution in [2.75, 3.05) is 5.75 Å². The lowest BCUT2D eigenvalue weighted by Crippen LogP contribution is -2.23. The van der Waals surface area contributed by atoms with Gasteiger partial charge in [-0.05, 0) is 19.4 Å². The maximum atomic E-state index is 12.6. The van der Waals surface area contributed by atoms with Crippen LogP contribution in [0.15, 0.2) is 59.8 Å². The van der Waals surface area contributed by atoms with Crippen LogP contribution in [0, 0.1) is 0 Å². The second-order valence-electron chi connectivity index (χ2n) is 6.67. The average molecular weight is 409 g/mol. The van der Waals surface area contributed by atoms with Crippen molar-refractivity contribution in [3.8, 4) is 11.4 Å². The molecule has 0 saturated heterocycles. The maximum absolute atomic E-state index is 12.6. The van der Waals surface area contributed by atoms with Crippen LogP contribution in [0.3, 0.4) is 0 Å². The van der Waals surface area contributed by atoms with Crippen LogP contribution < -0.4 is 5.32 Å². The molecule has 150 valence electrons. The molecular formula is C22H24N4O2S. The van der Waals surface area contributed by atoms with Gasteiger partial charge in [0.15, 0.2) is 16.8 Å². The van der Waals surface area contributed by atoms with E-state index in [1.54, 1.807) is 12.1 Å². The van der Waals surface area contributed by atoms with Gasteiger partial charge in [0.1, 0.15) is 0 Å². The lowest BCUT2D eigenvalue weighted by molar-refractivity contribution is -0.119. The molecule has 1 N–H and O–H groups in total. The van der Waals surface area contributed by atoms with Crippen LogP contribution in [0.25, 0.3) is 11.4 Å². The molecule has 6 nitrogen and oxygen atoms in total. The zero-order chi connectivity index (χ0) is 20.8. The molecule has 0 spiro atoms. The van der Waals surface area contributed by atoms with Crippen molar-refractivity contribution in [2.24, 2.45) is 0 Å². The fourth-order valence-corrected chi connectivity index (χ4v) is 3.94. The Morgan fingerprint density at radius 2 is 1.76 bits per heavy atom. The van der Waals surface area contributed by atoms with Gasteiger partial charge in [-0.25, -0.2) is 0 Å². The summed E-state index contributed by atoms with van der Waals surface area (Å²) in [6.45, 7) is 6.17. The number of aromatic nitrogens is 3. The van der Waals surface area contributed by atoms with Gasteiger partial charge in [0.2, 0.25) is 5.91 Å². The fraction of sp³-hybridized carbons (Fsp3) is 0.273. The summed E-state index contributed by atoms with van der Waals surface area (Å²) < 4.78 is 2.02. The van der Waals surface area contributed by atoms with Gasteiger partial charge < -0.3 is 9.88 Å². The summed E-state index contributed by atoms with van der Waals surface area (Å²) in [5.74, 6) is 1.04. The number of carbonyl (C=O) groups excluding carboxylic acids is 2. The molecular weight excluding hydrogens is 384 g/mol. The number of benzene rings is 2. The van der Waals surface area contributed by atoms with Gasteiger partial charge in [-0.15, -0.1) is 10.2 Å². The van der Waals surface area contributed by atoms with Gasteiger partial charge in [-0.2, -0.15) is 0 Å². The van der Waals surface area contributed by atoms with E-state index in [1.807, 2.05) is 60.9 Å². The van der Waals surface area contributed by atoms with Crippen LogP contribution in [0.1, 0.15) is 42.7 Å². The maximum Gasteiger partial charge on any atom is 0.217 e. The van der Waals surface area contributed by atoms with Gasteiger partial charge >= 0.3 is 0 Å². The molecule has 1 heterocycles. The number of nitrogens with one attached hydrogen (secondary N) is 1. The molecule has 1 unspecified atom stereocenters. The van der Waals surface area contributed by atoms with Crippen LogP contribution in [0.5, 0.6) is 0 Å². The first kappa shape index (κ1) is 20.8. The quantitative estimate of drug-likeness (QED) is 0.448. The first-order valence-electron chi connectivity index (χ1n) is 9.51. The molecule has 3 aromatic rings. The molecule has 1 atom stereocenters. The molecule has 0 aliphatic rings. The normalized spacial score (nSPS) is 11.8. The first-order chi connectivity index (χ1) is 14.0. The molecule has 0 aliphatic carbocycles. The molecule has 7 heteroatoms. The van der Waals surface area contributed by atoms with Crippen molar-refractivity contribution < 1.29 is 9.59 Å². The van der Waals surface area contributed by atoms with Gasteiger partial charge in [0.25, 0.3) is 0 Å². The summed E-state index contributed by atoms with van der Waals surface area (Å²) >= 11 is 1.39. The number of amides is 1. The first-order valence-corrected chi connectivity index (χ1v) is 10.5. The molecule has 3 rings (SSSR count). The minimum absolute atomic E-state index is 0.0284. The smallest absolute Gasteiger partial charge is 0.217 e. The second kappa shape index (κ2) is 9.52. The summed E-state index contributed by atoms with van der Waals surface area (Å²) in [5.41, 5.74) is 2.61. The highest BCUT2D eigenvalue weighted by Crippen LogP contribution is 2.24. The van der Waals surface area contributed by atoms with Crippen molar-refractivity contribution in [1.82, 2.24) is 20.1 Å². The zero-order valence-corrected chi connectivity index (χ0v) is 17.6. The second-order valence-corrected chi connectivity index (χ2v) is 7.62. The van der Waals surface area contributed by atoms with Crippen molar-refractivity contribution in [2.45, 2.75) is 38.5 Å². The summed E-state index contributed by atoms with van der Waals surface area (Å²) in [6.07, 6.45) is 0. The third-order valence-corrected chi connectivity index (χ3v) is 5.52. The molecule has 29 heavy (non-hydrogen) atoms. The van der Waals surface area contributed by atoms with E-state index in [0.717, 1.165) is 28.7 Å². The van der Waals surface area contributed by atoms with Gasteiger partial charge in [0.05, 0.1) is 11.8 Å². The highest BCUT2D eigenvalue weighted by molar-refractivity contribution is 7.99. The van der Waals surface area contributed by atoms with E-state index in [2.05, 4.69) is 15.5 Å². The van der Waals surface area contributed by atoms with Crippen molar-refractivity contribution in [1.29, 1.82) is 0 Å². The molecule has 0 fully saturated rings. The zero-order valence-electron chi connectivity index (χ0n) is 16.8. The summed E-state index contributed by atoms with van der Waals surface area (Å²) in [4.78, 5) is 23.8. The fourth-order valence-electron chi connectivity index (χ4n) is 3.04. The minimum Gasteiger partial charge on any atom is -0.350 e. The Bertz CT molecular complexity index is 984. The Balaban J connectivity index is 1.67. The van der Waals surface area contributed by atoms with E-state index < -0.39 is 0 Å². The van der Waals surface area contributed by atoms with Crippen LogP contribution in [-0.4, -0.2) is 32.2 Å². The predicted octanol–water partition coefficient (Wildman–Crippen LogP) is 4.14. The van der Waals surface area contributed by atoms with Crippen LogP contribution in [-0.2, 0) is 11.3 Å². The number of thioether (sulfide) groups is 1. The Kier molecular flexibility index (Phi) is 6.82. The van der Waals surface area contributed by atoms with Gasteiger partial charge in [-0.3, -0.25) is 9.59 Å². The molecule has 0 radical (unpaired) electrons. The SMILES string of the molecule is CCn1c(SCC(=O)c2ccc(C(C)NC(C)=O)cc2)nnc1-c1ccccc1. The van der Waals surface area contributed by atoms with E-state index in [4.69, 9.17) is 0 Å². The number of carbonyl (C=O) groups is 2. The standard InChI is InChI=1S/C22H24N4O2S/c1-4-26-21(19-8-6-5-7-9-19)24-25-22(26)29-14-20(28)18-12-10-17(11-13-18)15(2)23-16(3)27/h5-13,15H,4,14H2,1-3H3,(H,23,27). The number of hydrogen-bond acceptors (Lipinski definition) is 5. The number of rotatable bonds is 8. The van der Waals surface area contributed by atoms with E-state index in [9.17, 15) is 9.59 Å². The van der Waals surface area contributed by atoms with Gasteiger partial charge in [-0.1, -0.05) is 66.4 Å². The van der Waals surface area contributed by atoms with Crippen LogP contribution in [0.2, 0.25) is 0 Å². The molecule has 0 bridgehead atoms. The molecule has 2 aromatic carbocycles. The molecule has 1 aromatic heterocycles. The number of ketones is 1. The summed E-state index contributed by atoms with van der Waals surface area (Å²) in [5, 5.41) is 12.2. The van der Waals surface area contributed by atoms with Gasteiger partial charge in [0, 0.05) is 24.6 Å². The van der Waals surface area contributed by atoms with Crippen LogP contribution >= 0.6 is 11.8 Å². The third kappa shape index (κ3) is 5.12. The van der Waals surface area contributed by atoms with Crippen molar-refractivity contribution in [3.05, 3.63) is 65.7 Å². The Labute approximate surface area is 174 Å². The molecule has 1 amide bonds. The third-order valence-electron chi connectivity index (χ3n) is 4.55. The lowest BCUT2D eigenvalue weighted by Gasteiger charge is -2.13. The summed E-state index contributed by atoms with van der Waals surface area (Å²) in [7, 11) is 0. The largest absolute Gasteiger partial charge is 0.350 e. The number of nitrogens with zero attached hydrogens (tertiary/aromatic N) is 3. The Morgan fingerprint density at radius 1 is 1.07 bits per heavy atom. The number of hydrogen-bond donors (Lipinski definition) is 1. The lowest BCUT2D eigenvalue weighted by atomic mass is 10.0. The molecule has 0 aliphatic heterocycles. The van der Waals surface area contributed by atoms with E-state index in [0.29, 0.717) is 5.56 Å². The molecule has 0 saturated carbocycles. The number of Topliss-reactive ketones (excluding diaryl/α,β-unsaturated/α-hetero) is 1. The Morgan fingerprint density at radius 3 is 2.38 bits per heavy atom. The van der Waals surface area contributed by atoms with E-state index in [1.165, 1.54) is 18.7 Å². The van der Waals surface area contributed by atoms with Crippen LogP contribution in [0.4, 0.5) is 0 Å². The highest BCUT2D eigenvalue weighted by Gasteiger charge is 2.15. The van der Waals surface area contributed by atoms with Crippen molar-refractivity contribution >= 4 is 23.5 Å². The van der Waals surface area contributed by atoms with Crippen molar-refractivity contribution in [3.63, 3.8) is 0 Å². The van der Waals surface area contributed by atoms with E-state index in [-0.39, 0.29) is 23.5 Å². The minimum atomic E-state index is -0.0921.